The maximum Gasteiger partial charge on any atom is 0.255 e. The minimum atomic E-state index is -0.233. The van der Waals surface area contributed by atoms with Crippen LogP contribution < -0.4 is 19.7 Å². The van der Waals surface area contributed by atoms with E-state index in [1.807, 2.05) is 19.1 Å². The number of anilines is 2. The predicted molar refractivity (Wildman–Crippen MR) is 123 cm³/mol. The average molecular weight is 431 g/mol. The summed E-state index contributed by atoms with van der Waals surface area (Å²) in [5.74, 6) is 0.754. The standard InChI is InChI=1S/C24H31ClN2O3/c1-3-5-15-30-23-21(25)16-18(17-22(23)29-4-2)24(28)26-19-9-11-20(12-10-19)27-13-7-6-8-14-27/h9-12,16-17H,3-8,13-15H2,1-2H3,(H,26,28). The first-order valence-electron chi connectivity index (χ1n) is 10.9. The fraction of sp³-hybridized carbons (Fsp3) is 0.458. The SMILES string of the molecule is CCCCOc1c(Cl)cc(C(=O)Nc2ccc(N3CCCCC3)cc2)cc1OCC. The smallest absolute Gasteiger partial charge is 0.255 e. The van der Waals surface area contributed by atoms with Crippen molar-refractivity contribution in [1.29, 1.82) is 0 Å². The Morgan fingerprint density at radius 3 is 2.47 bits per heavy atom. The number of benzene rings is 2. The highest BCUT2D eigenvalue weighted by molar-refractivity contribution is 6.32. The highest BCUT2D eigenvalue weighted by Crippen LogP contribution is 2.37. The number of nitrogens with one attached hydrogen (secondary N) is 1. The number of hydrogen-bond donors (Lipinski definition) is 1. The Bertz CT molecular complexity index is 833. The van der Waals surface area contributed by atoms with Gasteiger partial charge in [0.05, 0.1) is 18.2 Å². The highest BCUT2D eigenvalue weighted by Gasteiger charge is 2.17. The first-order valence-corrected chi connectivity index (χ1v) is 11.3. The minimum absolute atomic E-state index is 0.233. The van der Waals surface area contributed by atoms with Crippen molar-refractivity contribution < 1.29 is 14.3 Å². The maximum absolute atomic E-state index is 12.8. The zero-order valence-corrected chi connectivity index (χ0v) is 18.6. The summed E-state index contributed by atoms with van der Waals surface area (Å²) in [4.78, 5) is 15.2. The van der Waals surface area contributed by atoms with Crippen LogP contribution in [0, 0.1) is 0 Å². The zero-order valence-electron chi connectivity index (χ0n) is 17.9. The normalized spacial score (nSPS) is 13.8. The molecule has 1 aliphatic heterocycles. The van der Waals surface area contributed by atoms with Crippen molar-refractivity contribution in [2.24, 2.45) is 0 Å². The predicted octanol–water partition coefficient (Wildman–Crippen LogP) is 6.16. The summed E-state index contributed by atoms with van der Waals surface area (Å²) in [7, 11) is 0. The van der Waals surface area contributed by atoms with Crippen molar-refractivity contribution in [3.8, 4) is 11.5 Å². The highest BCUT2D eigenvalue weighted by atomic mass is 35.5. The van der Waals surface area contributed by atoms with Gasteiger partial charge in [-0.1, -0.05) is 24.9 Å². The molecule has 30 heavy (non-hydrogen) atoms. The second kappa shape index (κ2) is 11.1. The largest absolute Gasteiger partial charge is 0.490 e. The molecule has 3 rings (SSSR count). The lowest BCUT2D eigenvalue weighted by Gasteiger charge is -2.28. The zero-order chi connectivity index (χ0) is 21.3. The van der Waals surface area contributed by atoms with Crippen molar-refractivity contribution in [3.05, 3.63) is 47.0 Å². The molecular formula is C24H31ClN2O3. The van der Waals surface area contributed by atoms with E-state index in [-0.39, 0.29) is 5.91 Å². The Morgan fingerprint density at radius 2 is 1.80 bits per heavy atom. The van der Waals surface area contributed by atoms with Crippen LogP contribution >= 0.6 is 11.6 Å². The molecule has 0 aliphatic carbocycles. The molecule has 0 atom stereocenters. The molecule has 1 aliphatic rings. The Labute approximate surface area is 184 Å². The Balaban J connectivity index is 1.71. The molecule has 2 aromatic rings. The van der Waals surface area contributed by atoms with E-state index in [0.717, 1.165) is 31.6 Å². The van der Waals surface area contributed by atoms with Crippen LogP contribution in [0.3, 0.4) is 0 Å². The Kier molecular flexibility index (Phi) is 8.26. The van der Waals surface area contributed by atoms with Crippen molar-refractivity contribution in [2.75, 3.05) is 36.5 Å². The first-order chi connectivity index (χ1) is 14.6. The molecule has 5 nitrogen and oxygen atoms in total. The Hall–Kier alpha value is -2.40. The molecule has 1 fully saturated rings. The number of amides is 1. The van der Waals surface area contributed by atoms with Crippen molar-refractivity contribution in [3.63, 3.8) is 0 Å². The van der Waals surface area contributed by atoms with E-state index < -0.39 is 0 Å². The van der Waals surface area contributed by atoms with Crippen LogP contribution in [0.5, 0.6) is 11.5 Å². The fourth-order valence-electron chi connectivity index (χ4n) is 3.53. The molecule has 0 aromatic heterocycles. The van der Waals surface area contributed by atoms with Gasteiger partial charge in [0.15, 0.2) is 11.5 Å². The van der Waals surface area contributed by atoms with Crippen LogP contribution in [0.15, 0.2) is 36.4 Å². The summed E-state index contributed by atoms with van der Waals surface area (Å²) >= 11 is 6.41. The number of halogens is 1. The van der Waals surface area contributed by atoms with E-state index in [4.69, 9.17) is 21.1 Å². The van der Waals surface area contributed by atoms with Crippen molar-refractivity contribution in [1.82, 2.24) is 0 Å². The van der Waals surface area contributed by atoms with Crippen LogP contribution in [0.1, 0.15) is 56.3 Å². The van der Waals surface area contributed by atoms with Crippen molar-refractivity contribution in [2.45, 2.75) is 46.0 Å². The summed E-state index contributed by atoms with van der Waals surface area (Å²) in [6.07, 6.45) is 5.73. The van der Waals surface area contributed by atoms with Gasteiger partial charge in [0.2, 0.25) is 0 Å². The van der Waals surface area contributed by atoms with Gasteiger partial charge in [-0.15, -0.1) is 0 Å². The van der Waals surface area contributed by atoms with Gasteiger partial charge in [0.25, 0.3) is 5.91 Å². The quantitative estimate of drug-likeness (QED) is 0.484. The molecule has 1 heterocycles. The molecule has 1 N–H and O–H groups in total. The van der Waals surface area contributed by atoms with Gasteiger partial charge in [-0.2, -0.15) is 0 Å². The number of carbonyl (C=O) groups is 1. The molecular weight excluding hydrogens is 400 g/mol. The van der Waals surface area contributed by atoms with E-state index in [1.54, 1.807) is 12.1 Å². The molecule has 1 saturated heterocycles. The monoisotopic (exact) mass is 430 g/mol. The number of hydrogen-bond acceptors (Lipinski definition) is 4. The maximum atomic E-state index is 12.8. The van der Waals surface area contributed by atoms with Gasteiger partial charge in [-0.3, -0.25) is 4.79 Å². The number of piperidine rings is 1. The second-order valence-electron chi connectivity index (χ2n) is 7.47. The summed E-state index contributed by atoms with van der Waals surface area (Å²) in [6.45, 7) is 7.20. The molecule has 1 amide bonds. The van der Waals surface area contributed by atoms with Crippen LogP contribution in [0.25, 0.3) is 0 Å². The topological polar surface area (TPSA) is 50.8 Å². The summed E-state index contributed by atoms with van der Waals surface area (Å²) in [5.41, 5.74) is 2.38. The van der Waals surface area contributed by atoms with Crippen LogP contribution in [0.4, 0.5) is 11.4 Å². The van der Waals surface area contributed by atoms with Crippen molar-refractivity contribution >= 4 is 28.9 Å². The van der Waals surface area contributed by atoms with E-state index in [1.165, 1.54) is 24.9 Å². The Morgan fingerprint density at radius 1 is 1.07 bits per heavy atom. The number of ether oxygens (including phenoxy) is 2. The van der Waals surface area contributed by atoms with E-state index in [2.05, 4.69) is 29.3 Å². The van der Waals surface area contributed by atoms with E-state index in [0.29, 0.717) is 35.3 Å². The van der Waals surface area contributed by atoms with Crippen LogP contribution in [0.2, 0.25) is 5.02 Å². The number of rotatable bonds is 9. The lowest BCUT2D eigenvalue weighted by atomic mass is 10.1. The molecule has 162 valence electrons. The molecule has 6 heteroatoms. The molecule has 0 unspecified atom stereocenters. The molecule has 0 bridgehead atoms. The molecule has 2 aromatic carbocycles. The van der Waals surface area contributed by atoms with Gasteiger partial charge in [-0.25, -0.2) is 0 Å². The number of carbonyl (C=O) groups excluding carboxylic acids is 1. The third-order valence-electron chi connectivity index (χ3n) is 5.16. The fourth-order valence-corrected chi connectivity index (χ4v) is 3.80. The summed E-state index contributed by atoms with van der Waals surface area (Å²) in [6, 6.07) is 11.3. The third kappa shape index (κ3) is 5.82. The van der Waals surface area contributed by atoms with Crippen LogP contribution in [-0.2, 0) is 0 Å². The first kappa shape index (κ1) is 22.3. The summed E-state index contributed by atoms with van der Waals surface area (Å²) in [5, 5.41) is 3.32. The van der Waals surface area contributed by atoms with E-state index >= 15 is 0 Å². The van der Waals surface area contributed by atoms with Gasteiger partial charge in [0.1, 0.15) is 0 Å². The van der Waals surface area contributed by atoms with Gasteiger partial charge < -0.3 is 19.7 Å². The molecule has 0 saturated carbocycles. The number of unbranched alkanes of at least 4 members (excludes halogenated alkanes) is 1. The second-order valence-corrected chi connectivity index (χ2v) is 7.88. The lowest BCUT2D eigenvalue weighted by Crippen LogP contribution is -2.29. The van der Waals surface area contributed by atoms with Gasteiger partial charge >= 0.3 is 0 Å². The van der Waals surface area contributed by atoms with E-state index in [9.17, 15) is 4.79 Å². The van der Waals surface area contributed by atoms with Gasteiger partial charge in [0, 0.05) is 30.0 Å². The minimum Gasteiger partial charge on any atom is -0.490 e. The number of nitrogens with zero attached hydrogens (tertiary/aromatic N) is 1. The average Bonchev–Trinajstić information content (AvgIpc) is 2.76. The molecule has 0 radical (unpaired) electrons. The van der Waals surface area contributed by atoms with Crippen LogP contribution in [-0.4, -0.2) is 32.2 Å². The lowest BCUT2D eigenvalue weighted by molar-refractivity contribution is 0.102. The van der Waals surface area contributed by atoms with Gasteiger partial charge in [-0.05, 0) is 69.0 Å². The third-order valence-corrected chi connectivity index (χ3v) is 5.44. The molecule has 0 spiro atoms. The summed E-state index contributed by atoms with van der Waals surface area (Å²) < 4.78 is 11.5.